The number of ether oxygens (including phenoxy) is 2. The smallest absolute Gasteiger partial charge is 0.185 e. The lowest BCUT2D eigenvalue weighted by Crippen LogP contribution is -1.97. The first-order valence-electron chi connectivity index (χ1n) is 7.10. The van der Waals surface area contributed by atoms with Gasteiger partial charge in [-0.25, -0.2) is 0 Å². The van der Waals surface area contributed by atoms with Gasteiger partial charge in [0.1, 0.15) is 0 Å². The molecular weight excluding hydrogens is 300 g/mol. The number of rotatable bonds is 3. The van der Waals surface area contributed by atoms with Crippen molar-refractivity contribution in [3.8, 4) is 11.5 Å². The van der Waals surface area contributed by atoms with Crippen LogP contribution < -0.4 is 9.47 Å². The Hall–Kier alpha value is -2.26. The van der Waals surface area contributed by atoms with Crippen LogP contribution in [0.3, 0.4) is 0 Å². The van der Waals surface area contributed by atoms with Crippen LogP contribution in [0.1, 0.15) is 22.3 Å². The molecule has 0 radical (unpaired) electrons. The summed E-state index contributed by atoms with van der Waals surface area (Å²) >= 11 is 5.82. The van der Waals surface area contributed by atoms with E-state index in [1.165, 1.54) is 0 Å². The fourth-order valence-corrected chi connectivity index (χ4v) is 2.29. The predicted molar refractivity (Wildman–Crippen MR) is 86.9 cm³/mol. The summed E-state index contributed by atoms with van der Waals surface area (Å²) in [5, 5.41) is 0.614. The average molecular weight is 315 g/mol. The Kier molecular flexibility index (Phi) is 4.45. The Bertz CT molecular complexity index is 705. The minimum absolute atomic E-state index is 0.0659. The zero-order valence-electron chi connectivity index (χ0n) is 11.9. The van der Waals surface area contributed by atoms with Crippen LogP contribution in [0, 0.1) is 0 Å². The molecule has 1 aliphatic heterocycles. The molecular formula is C18H15ClO3. The summed E-state index contributed by atoms with van der Waals surface area (Å²) in [6, 6.07) is 12.5. The van der Waals surface area contributed by atoms with Gasteiger partial charge in [-0.3, -0.25) is 4.79 Å². The van der Waals surface area contributed by atoms with E-state index in [9.17, 15) is 4.79 Å². The van der Waals surface area contributed by atoms with Gasteiger partial charge in [-0.15, -0.1) is 0 Å². The molecule has 0 unspecified atom stereocenters. The molecule has 2 aromatic rings. The summed E-state index contributed by atoms with van der Waals surface area (Å²) in [4.78, 5) is 12.1. The summed E-state index contributed by atoms with van der Waals surface area (Å²) in [6.07, 6.45) is 4.18. The fourth-order valence-electron chi connectivity index (χ4n) is 2.17. The lowest BCUT2D eigenvalue weighted by Gasteiger charge is -2.07. The third-order valence-electron chi connectivity index (χ3n) is 3.33. The predicted octanol–water partition coefficient (Wildman–Crippen LogP) is 4.40. The number of benzene rings is 2. The van der Waals surface area contributed by atoms with Crippen LogP contribution in [-0.2, 0) is 0 Å². The molecule has 0 amide bonds. The number of carbonyl (C=O) groups is 1. The molecule has 0 N–H and O–H groups in total. The number of carbonyl (C=O) groups excluding carboxylic acids is 1. The second kappa shape index (κ2) is 6.67. The number of fused-ring (bicyclic) bond motifs is 1. The van der Waals surface area contributed by atoms with Gasteiger partial charge < -0.3 is 9.47 Å². The maximum absolute atomic E-state index is 12.1. The molecule has 4 heteroatoms. The zero-order chi connectivity index (χ0) is 15.4. The largest absolute Gasteiger partial charge is 0.490 e. The van der Waals surface area contributed by atoms with Crippen molar-refractivity contribution >= 4 is 23.5 Å². The number of halogens is 1. The maximum Gasteiger partial charge on any atom is 0.185 e. The number of hydrogen-bond acceptors (Lipinski definition) is 3. The van der Waals surface area contributed by atoms with Crippen molar-refractivity contribution in [2.75, 3.05) is 13.2 Å². The van der Waals surface area contributed by atoms with E-state index in [1.54, 1.807) is 36.4 Å². The Morgan fingerprint density at radius 3 is 2.50 bits per heavy atom. The normalized spacial score (nSPS) is 13.9. The zero-order valence-corrected chi connectivity index (χ0v) is 12.7. The highest BCUT2D eigenvalue weighted by atomic mass is 35.5. The first-order chi connectivity index (χ1) is 10.7. The van der Waals surface area contributed by atoms with E-state index in [2.05, 4.69) is 0 Å². The van der Waals surface area contributed by atoms with Crippen molar-refractivity contribution in [2.24, 2.45) is 0 Å². The Labute approximate surface area is 134 Å². The minimum Gasteiger partial charge on any atom is -0.490 e. The second-order valence-corrected chi connectivity index (χ2v) is 5.40. The van der Waals surface area contributed by atoms with E-state index in [1.807, 2.05) is 18.2 Å². The second-order valence-electron chi connectivity index (χ2n) is 4.96. The minimum atomic E-state index is -0.0659. The molecule has 112 valence electrons. The number of hydrogen-bond donors (Lipinski definition) is 0. The van der Waals surface area contributed by atoms with Crippen molar-refractivity contribution in [2.45, 2.75) is 6.42 Å². The first kappa shape index (κ1) is 14.7. The van der Waals surface area contributed by atoms with E-state index < -0.39 is 0 Å². The van der Waals surface area contributed by atoms with Crippen molar-refractivity contribution in [3.05, 3.63) is 64.7 Å². The highest BCUT2D eigenvalue weighted by molar-refractivity contribution is 6.30. The molecule has 22 heavy (non-hydrogen) atoms. The van der Waals surface area contributed by atoms with Crippen LogP contribution in [0.25, 0.3) is 6.08 Å². The molecule has 0 atom stereocenters. The molecule has 0 saturated carbocycles. The maximum atomic E-state index is 12.1. The standard InChI is InChI=1S/C18H15ClO3/c19-15-6-4-14(5-7-15)16(20)8-2-13-3-9-17-18(12-13)22-11-1-10-21-17/h2-9,12H,1,10-11H2/b8-2+. The van der Waals surface area contributed by atoms with Gasteiger partial charge in [0.25, 0.3) is 0 Å². The Morgan fingerprint density at radius 2 is 1.73 bits per heavy atom. The number of ketones is 1. The van der Waals surface area contributed by atoms with Gasteiger partial charge in [-0.05, 0) is 48.0 Å². The lowest BCUT2D eigenvalue weighted by molar-refractivity contribution is 0.104. The summed E-state index contributed by atoms with van der Waals surface area (Å²) < 4.78 is 11.2. The van der Waals surface area contributed by atoms with Crippen LogP contribution >= 0.6 is 11.6 Å². The molecule has 0 saturated heterocycles. The Morgan fingerprint density at radius 1 is 1.00 bits per heavy atom. The van der Waals surface area contributed by atoms with Gasteiger partial charge in [0.2, 0.25) is 0 Å². The molecule has 3 rings (SSSR count). The van der Waals surface area contributed by atoms with E-state index >= 15 is 0 Å². The fraction of sp³-hybridized carbons (Fsp3) is 0.167. The van der Waals surface area contributed by atoms with Crippen molar-refractivity contribution in [1.82, 2.24) is 0 Å². The molecule has 0 spiro atoms. The quantitative estimate of drug-likeness (QED) is 0.622. The molecule has 0 bridgehead atoms. The van der Waals surface area contributed by atoms with Gasteiger partial charge in [-0.2, -0.15) is 0 Å². The van der Waals surface area contributed by atoms with Crippen LogP contribution in [0.4, 0.5) is 0 Å². The number of allylic oxidation sites excluding steroid dienone is 1. The molecule has 1 aliphatic rings. The monoisotopic (exact) mass is 314 g/mol. The lowest BCUT2D eigenvalue weighted by atomic mass is 10.1. The third kappa shape index (κ3) is 3.49. The van der Waals surface area contributed by atoms with Crippen LogP contribution in [-0.4, -0.2) is 19.0 Å². The van der Waals surface area contributed by atoms with Crippen LogP contribution in [0.2, 0.25) is 5.02 Å². The molecule has 0 aromatic heterocycles. The third-order valence-corrected chi connectivity index (χ3v) is 3.58. The highest BCUT2D eigenvalue weighted by Crippen LogP contribution is 2.30. The first-order valence-corrected chi connectivity index (χ1v) is 7.48. The van der Waals surface area contributed by atoms with E-state index in [-0.39, 0.29) is 5.78 Å². The van der Waals surface area contributed by atoms with Crippen LogP contribution in [0.15, 0.2) is 48.5 Å². The van der Waals surface area contributed by atoms with Gasteiger partial charge in [0, 0.05) is 17.0 Å². The van der Waals surface area contributed by atoms with Crippen LogP contribution in [0.5, 0.6) is 11.5 Å². The summed E-state index contributed by atoms with van der Waals surface area (Å²) in [5.41, 5.74) is 1.50. The van der Waals surface area contributed by atoms with Crippen molar-refractivity contribution in [3.63, 3.8) is 0 Å². The van der Waals surface area contributed by atoms with Crippen molar-refractivity contribution in [1.29, 1.82) is 0 Å². The molecule has 0 fully saturated rings. The highest BCUT2D eigenvalue weighted by Gasteiger charge is 2.10. The van der Waals surface area contributed by atoms with Gasteiger partial charge in [-0.1, -0.05) is 23.7 Å². The topological polar surface area (TPSA) is 35.5 Å². The molecule has 1 heterocycles. The molecule has 3 nitrogen and oxygen atoms in total. The van der Waals surface area contributed by atoms with Crippen molar-refractivity contribution < 1.29 is 14.3 Å². The van der Waals surface area contributed by atoms with E-state index in [0.717, 1.165) is 23.5 Å². The average Bonchev–Trinajstić information content (AvgIpc) is 2.78. The molecule has 0 aliphatic carbocycles. The van der Waals surface area contributed by atoms with E-state index in [0.29, 0.717) is 23.8 Å². The SMILES string of the molecule is O=C(/C=C/c1ccc2c(c1)OCCCO2)c1ccc(Cl)cc1. The summed E-state index contributed by atoms with van der Waals surface area (Å²) in [6.45, 7) is 1.31. The van der Waals surface area contributed by atoms with Gasteiger partial charge >= 0.3 is 0 Å². The Balaban J connectivity index is 1.76. The summed E-state index contributed by atoms with van der Waals surface area (Å²) in [7, 11) is 0. The van der Waals surface area contributed by atoms with E-state index in [4.69, 9.17) is 21.1 Å². The molecule has 2 aromatic carbocycles. The van der Waals surface area contributed by atoms with Gasteiger partial charge in [0.15, 0.2) is 17.3 Å². The van der Waals surface area contributed by atoms with Gasteiger partial charge in [0.05, 0.1) is 13.2 Å². The summed E-state index contributed by atoms with van der Waals surface area (Å²) in [5.74, 6) is 1.40.